The molecule has 0 radical (unpaired) electrons. The molecule has 0 aromatic carbocycles. The van der Waals surface area contributed by atoms with Crippen molar-refractivity contribution < 1.29 is 4.79 Å². The standard InChI is InChI=1S/C15H24N4O/c1-4-7-17-14-9-16-8-13(18-14)15(20)19-12-6-5-10(2)11(12)3/h8-12H,4-7H2,1-3H3,(H,17,18)(H,19,20). The zero-order chi connectivity index (χ0) is 14.5. The Labute approximate surface area is 120 Å². The Morgan fingerprint density at radius 3 is 2.80 bits per heavy atom. The van der Waals surface area contributed by atoms with Gasteiger partial charge in [0, 0.05) is 12.6 Å². The first-order chi connectivity index (χ1) is 9.61. The fourth-order valence-corrected chi connectivity index (χ4v) is 2.62. The molecule has 0 saturated heterocycles. The largest absolute Gasteiger partial charge is 0.369 e. The van der Waals surface area contributed by atoms with E-state index < -0.39 is 0 Å². The minimum Gasteiger partial charge on any atom is -0.369 e. The number of anilines is 1. The normalized spacial score (nSPS) is 25.4. The summed E-state index contributed by atoms with van der Waals surface area (Å²) in [5, 5.41) is 6.23. The number of hydrogen-bond donors (Lipinski definition) is 2. The van der Waals surface area contributed by atoms with Gasteiger partial charge in [-0.05, 0) is 31.1 Å². The fraction of sp³-hybridized carbons (Fsp3) is 0.667. The molecular formula is C15H24N4O. The second-order valence-electron chi connectivity index (χ2n) is 5.71. The van der Waals surface area contributed by atoms with E-state index in [2.05, 4.69) is 41.4 Å². The number of nitrogens with zero attached hydrogens (tertiary/aromatic N) is 2. The van der Waals surface area contributed by atoms with E-state index in [1.54, 1.807) is 6.20 Å². The lowest BCUT2D eigenvalue weighted by molar-refractivity contribution is 0.0922. The first-order valence-corrected chi connectivity index (χ1v) is 7.48. The number of carbonyl (C=O) groups excluding carboxylic acids is 1. The van der Waals surface area contributed by atoms with Crippen molar-refractivity contribution in [3.05, 3.63) is 18.1 Å². The molecule has 20 heavy (non-hydrogen) atoms. The van der Waals surface area contributed by atoms with E-state index in [4.69, 9.17) is 0 Å². The van der Waals surface area contributed by atoms with Crippen LogP contribution in [0.1, 0.15) is 50.5 Å². The molecule has 5 nitrogen and oxygen atoms in total. The van der Waals surface area contributed by atoms with Gasteiger partial charge in [0.2, 0.25) is 0 Å². The highest BCUT2D eigenvalue weighted by Crippen LogP contribution is 2.31. The summed E-state index contributed by atoms with van der Waals surface area (Å²) in [7, 11) is 0. The van der Waals surface area contributed by atoms with Gasteiger partial charge in [-0.2, -0.15) is 0 Å². The molecule has 2 rings (SSSR count). The molecular weight excluding hydrogens is 252 g/mol. The van der Waals surface area contributed by atoms with E-state index in [-0.39, 0.29) is 11.9 Å². The highest BCUT2D eigenvalue weighted by Gasteiger charge is 2.31. The van der Waals surface area contributed by atoms with Crippen LogP contribution in [0.5, 0.6) is 0 Å². The predicted octanol–water partition coefficient (Wildman–Crippen LogP) is 2.46. The Morgan fingerprint density at radius 1 is 1.35 bits per heavy atom. The quantitative estimate of drug-likeness (QED) is 0.867. The number of rotatable bonds is 5. The summed E-state index contributed by atoms with van der Waals surface area (Å²) in [5.41, 5.74) is 0.387. The van der Waals surface area contributed by atoms with Gasteiger partial charge >= 0.3 is 0 Å². The molecule has 1 aromatic heterocycles. The Morgan fingerprint density at radius 2 is 2.15 bits per heavy atom. The van der Waals surface area contributed by atoms with Crippen molar-refractivity contribution >= 4 is 11.7 Å². The second-order valence-corrected chi connectivity index (χ2v) is 5.71. The Hall–Kier alpha value is -1.65. The zero-order valence-electron chi connectivity index (χ0n) is 12.5. The second kappa shape index (κ2) is 6.68. The van der Waals surface area contributed by atoms with Crippen molar-refractivity contribution in [2.75, 3.05) is 11.9 Å². The van der Waals surface area contributed by atoms with Crippen LogP contribution in [0.25, 0.3) is 0 Å². The third-order valence-corrected chi connectivity index (χ3v) is 4.21. The van der Waals surface area contributed by atoms with Crippen LogP contribution in [0.15, 0.2) is 12.4 Å². The molecule has 2 N–H and O–H groups in total. The lowest BCUT2D eigenvalue weighted by atomic mass is 9.98. The molecule has 1 aliphatic carbocycles. The van der Waals surface area contributed by atoms with Crippen molar-refractivity contribution in [2.24, 2.45) is 11.8 Å². The molecule has 0 aliphatic heterocycles. The summed E-state index contributed by atoms with van der Waals surface area (Å²) >= 11 is 0. The summed E-state index contributed by atoms with van der Waals surface area (Å²) in [4.78, 5) is 20.6. The number of hydrogen-bond acceptors (Lipinski definition) is 4. The summed E-state index contributed by atoms with van der Waals surface area (Å²) in [6, 6.07) is 0.256. The molecule has 0 spiro atoms. The third kappa shape index (κ3) is 3.46. The lowest BCUT2D eigenvalue weighted by Gasteiger charge is -2.19. The van der Waals surface area contributed by atoms with Crippen LogP contribution in [0.4, 0.5) is 5.82 Å². The van der Waals surface area contributed by atoms with Gasteiger partial charge in [0.1, 0.15) is 11.5 Å². The Bertz CT molecular complexity index is 463. The van der Waals surface area contributed by atoms with Crippen molar-refractivity contribution in [3.8, 4) is 0 Å². The number of aromatic nitrogens is 2. The Kier molecular flexibility index (Phi) is 4.93. The van der Waals surface area contributed by atoms with Crippen LogP contribution >= 0.6 is 0 Å². The van der Waals surface area contributed by atoms with Gasteiger partial charge in [0.05, 0.1) is 12.4 Å². The van der Waals surface area contributed by atoms with Gasteiger partial charge in [0.25, 0.3) is 5.91 Å². The SMILES string of the molecule is CCCNc1cncc(C(=O)NC2CCC(C)C2C)n1. The molecule has 3 atom stereocenters. The molecule has 1 amide bonds. The predicted molar refractivity (Wildman–Crippen MR) is 79.6 cm³/mol. The van der Waals surface area contributed by atoms with E-state index in [9.17, 15) is 4.79 Å². The molecule has 110 valence electrons. The number of amides is 1. The van der Waals surface area contributed by atoms with Crippen molar-refractivity contribution in [2.45, 2.75) is 46.1 Å². The monoisotopic (exact) mass is 276 g/mol. The molecule has 3 unspecified atom stereocenters. The average Bonchev–Trinajstić information content (AvgIpc) is 2.77. The number of nitrogens with one attached hydrogen (secondary N) is 2. The van der Waals surface area contributed by atoms with Crippen molar-refractivity contribution in [1.82, 2.24) is 15.3 Å². The third-order valence-electron chi connectivity index (χ3n) is 4.21. The van der Waals surface area contributed by atoms with Crippen LogP contribution in [0.2, 0.25) is 0 Å². The van der Waals surface area contributed by atoms with Gasteiger partial charge in [-0.25, -0.2) is 4.98 Å². The van der Waals surface area contributed by atoms with Crippen molar-refractivity contribution in [1.29, 1.82) is 0 Å². The molecule has 1 aliphatic rings. The van der Waals surface area contributed by atoms with Crippen LogP contribution in [-0.4, -0.2) is 28.5 Å². The van der Waals surface area contributed by atoms with Gasteiger partial charge in [0.15, 0.2) is 0 Å². The minimum atomic E-state index is -0.122. The Balaban J connectivity index is 1.98. The van der Waals surface area contributed by atoms with E-state index in [0.717, 1.165) is 19.4 Å². The molecule has 0 bridgehead atoms. The average molecular weight is 276 g/mol. The first kappa shape index (κ1) is 14.8. The molecule has 1 fully saturated rings. The molecule has 1 saturated carbocycles. The summed E-state index contributed by atoms with van der Waals surface area (Å²) < 4.78 is 0. The van der Waals surface area contributed by atoms with Crippen molar-refractivity contribution in [3.63, 3.8) is 0 Å². The summed E-state index contributed by atoms with van der Waals surface area (Å²) in [6.07, 6.45) is 6.41. The minimum absolute atomic E-state index is 0.122. The lowest BCUT2D eigenvalue weighted by Crippen LogP contribution is -2.37. The van der Waals surface area contributed by atoms with Crippen LogP contribution in [-0.2, 0) is 0 Å². The van der Waals surface area contributed by atoms with Gasteiger partial charge < -0.3 is 10.6 Å². The maximum Gasteiger partial charge on any atom is 0.271 e. The highest BCUT2D eigenvalue weighted by molar-refractivity contribution is 5.92. The van der Waals surface area contributed by atoms with E-state index in [1.165, 1.54) is 12.6 Å². The summed E-state index contributed by atoms with van der Waals surface area (Å²) in [5.74, 6) is 1.73. The van der Waals surface area contributed by atoms with E-state index >= 15 is 0 Å². The maximum atomic E-state index is 12.2. The summed E-state index contributed by atoms with van der Waals surface area (Å²) in [6.45, 7) is 7.36. The topological polar surface area (TPSA) is 66.9 Å². The molecule has 1 heterocycles. The molecule has 1 aromatic rings. The van der Waals surface area contributed by atoms with E-state index in [1.807, 2.05) is 0 Å². The molecule has 5 heteroatoms. The fourth-order valence-electron chi connectivity index (χ4n) is 2.62. The smallest absolute Gasteiger partial charge is 0.271 e. The van der Waals surface area contributed by atoms with Crippen LogP contribution < -0.4 is 10.6 Å². The van der Waals surface area contributed by atoms with Gasteiger partial charge in [-0.15, -0.1) is 0 Å². The van der Waals surface area contributed by atoms with Crippen LogP contribution in [0.3, 0.4) is 0 Å². The maximum absolute atomic E-state index is 12.2. The van der Waals surface area contributed by atoms with Gasteiger partial charge in [-0.3, -0.25) is 9.78 Å². The van der Waals surface area contributed by atoms with Gasteiger partial charge in [-0.1, -0.05) is 20.8 Å². The van der Waals surface area contributed by atoms with Crippen LogP contribution in [0, 0.1) is 11.8 Å². The first-order valence-electron chi connectivity index (χ1n) is 7.48. The highest BCUT2D eigenvalue weighted by atomic mass is 16.2. The zero-order valence-corrected chi connectivity index (χ0v) is 12.5. The number of carbonyl (C=O) groups is 1. The van der Waals surface area contributed by atoms with E-state index in [0.29, 0.717) is 23.3 Å².